The number of nitrogens with zero attached hydrogens (tertiary/aromatic N) is 1. The van der Waals surface area contributed by atoms with Crippen LogP contribution in [0.5, 0.6) is 5.75 Å². The third-order valence-electron chi connectivity index (χ3n) is 5.06. The summed E-state index contributed by atoms with van der Waals surface area (Å²) in [4.78, 5) is 27.3. The highest BCUT2D eigenvalue weighted by atomic mass is 35.5. The number of likely N-dealkylation sites (tertiary alicyclic amines) is 1. The van der Waals surface area contributed by atoms with E-state index in [0.29, 0.717) is 54.7 Å². The lowest BCUT2D eigenvalue weighted by Gasteiger charge is -2.25. The number of benzene rings is 2. The largest absolute Gasteiger partial charge is 0.507 e. The number of rotatable bonds is 9. The van der Waals surface area contributed by atoms with Gasteiger partial charge in [0.2, 0.25) is 0 Å². The van der Waals surface area contributed by atoms with Crippen LogP contribution in [-0.4, -0.2) is 48.1 Å². The maximum absolute atomic E-state index is 12.9. The van der Waals surface area contributed by atoms with E-state index in [1.165, 1.54) is 4.90 Å². The predicted molar refractivity (Wildman–Crippen MR) is 119 cm³/mol. The van der Waals surface area contributed by atoms with Gasteiger partial charge in [0.1, 0.15) is 11.5 Å². The first-order chi connectivity index (χ1) is 15.0. The topological polar surface area (TPSA) is 76.1 Å². The molecule has 31 heavy (non-hydrogen) atoms. The van der Waals surface area contributed by atoms with Gasteiger partial charge in [-0.15, -0.1) is 0 Å². The second-order valence-corrected chi connectivity index (χ2v) is 7.49. The molecule has 1 aliphatic rings. The van der Waals surface area contributed by atoms with Crippen LogP contribution in [-0.2, 0) is 14.3 Å². The summed E-state index contributed by atoms with van der Waals surface area (Å²) >= 11 is 6.03. The van der Waals surface area contributed by atoms with Gasteiger partial charge < -0.3 is 19.5 Å². The van der Waals surface area contributed by atoms with Gasteiger partial charge >= 0.3 is 0 Å². The van der Waals surface area contributed by atoms with E-state index in [4.69, 9.17) is 21.1 Å². The van der Waals surface area contributed by atoms with Crippen molar-refractivity contribution in [3.8, 4) is 5.75 Å². The van der Waals surface area contributed by atoms with Crippen molar-refractivity contribution in [1.82, 2.24) is 4.90 Å². The maximum Gasteiger partial charge on any atom is 0.295 e. The molecule has 1 fully saturated rings. The molecule has 0 aliphatic carbocycles. The molecule has 7 heteroatoms. The van der Waals surface area contributed by atoms with E-state index in [1.807, 2.05) is 13.8 Å². The minimum atomic E-state index is -0.706. The van der Waals surface area contributed by atoms with Gasteiger partial charge in [0.15, 0.2) is 0 Å². The molecular weight excluding hydrogens is 418 g/mol. The Morgan fingerprint density at radius 2 is 1.71 bits per heavy atom. The highest BCUT2D eigenvalue weighted by Crippen LogP contribution is 2.39. The summed E-state index contributed by atoms with van der Waals surface area (Å²) in [5.74, 6) is -0.898. The second-order valence-electron chi connectivity index (χ2n) is 7.05. The van der Waals surface area contributed by atoms with Crippen LogP contribution in [0.15, 0.2) is 54.1 Å². The number of aliphatic hydroxyl groups is 1. The van der Waals surface area contributed by atoms with Gasteiger partial charge in [-0.3, -0.25) is 9.59 Å². The Bertz CT molecular complexity index is 953. The summed E-state index contributed by atoms with van der Waals surface area (Å²) in [6.45, 7) is 5.69. The Morgan fingerprint density at radius 1 is 1.03 bits per heavy atom. The number of aliphatic hydroxyl groups excluding tert-OH is 1. The van der Waals surface area contributed by atoms with Crippen LogP contribution in [0.2, 0.25) is 5.02 Å². The molecule has 164 valence electrons. The van der Waals surface area contributed by atoms with E-state index in [0.717, 1.165) is 0 Å². The summed E-state index contributed by atoms with van der Waals surface area (Å²) < 4.78 is 10.8. The monoisotopic (exact) mass is 443 g/mol. The maximum atomic E-state index is 12.9. The van der Waals surface area contributed by atoms with Crippen molar-refractivity contribution in [2.24, 2.45) is 0 Å². The number of ether oxygens (including phenoxy) is 2. The first kappa shape index (κ1) is 22.8. The van der Waals surface area contributed by atoms with Crippen LogP contribution < -0.4 is 4.74 Å². The number of ketones is 1. The van der Waals surface area contributed by atoms with E-state index in [-0.39, 0.29) is 11.3 Å². The summed E-state index contributed by atoms with van der Waals surface area (Å²) in [6.07, 6.45) is 0.577. The predicted octanol–water partition coefficient (Wildman–Crippen LogP) is 4.59. The normalized spacial score (nSPS) is 17.9. The first-order valence-electron chi connectivity index (χ1n) is 10.3. The van der Waals surface area contributed by atoms with Gasteiger partial charge in [0.25, 0.3) is 11.7 Å². The number of amides is 1. The summed E-state index contributed by atoms with van der Waals surface area (Å²) in [6, 6.07) is 13.0. The number of carbonyl (C=O) groups is 2. The molecule has 1 N–H and O–H groups in total. The van der Waals surface area contributed by atoms with Gasteiger partial charge in [0.05, 0.1) is 18.2 Å². The SMILES string of the molecule is CCOCCCN1C(=O)C(=O)C(=C(O)c2ccc(OCC)cc2)[C@H]1c1ccc(Cl)cc1. The van der Waals surface area contributed by atoms with Gasteiger partial charge in [-0.05, 0) is 62.2 Å². The van der Waals surface area contributed by atoms with Gasteiger partial charge in [-0.1, -0.05) is 23.7 Å². The molecule has 0 saturated carbocycles. The molecule has 1 amide bonds. The van der Waals surface area contributed by atoms with Crippen LogP contribution in [0.3, 0.4) is 0 Å². The van der Waals surface area contributed by atoms with E-state index < -0.39 is 17.7 Å². The molecule has 1 atom stereocenters. The Hall–Kier alpha value is -2.83. The van der Waals surface area contributed by atoms with E-state index in [9.17, 15) is 14.7 Å². The average molecular weight is 444 g/mol. The molecular formula is C24H26ClNO5. The number of Topliss-reactive ketones (excluding diaryl/α,β-unsaturated/α-hetero) is 1. The zero-order valence-electron chi connectivity index (χ0n) is 17.6. The minimum absolute atomic E-state index is 0.0629. The fourth-order valence-corrected chi connectivity index (χ4v) is 3.74. The molecule has 1 aliphatic heterocycles. The Balaban J connectivity index is 2.02. The summed E-state index contributed by atoms with van der Waals surface area (Å²) in [5, 5.41) is 11.6. The molecule has 2 aromatic carbocycles. The van der Waals surface area contributed by atoms with Crippen molar-refractivity contribution in [3.63, 3.8) is 0 Å². The first-order valence-corrected chi connectivity index (χ1v) is 10.7. The van der Waals surface area contributed by atoms with E-state index in [1.54, 1.807) is 48.5 Å². The molecule has 1 saturated heterocycles. The van der Waals surface area contributed by atoms with Gasteiger partial charge in [0, 0.05) is 30.3 Å². The third-order valence-corrected chi connectivity index (χ3v) is 5.31. The molecule has 0 unspecified atom stereocenters. The van der Waals surface area contributed by atoms with Crippen LogP contribution in [0.1, 0.15) is 37.4 Å². The molecule has 0 radical (unpaired) electrons. The molecule has 6 nitrogen and oxygen atoms in total. The lowest BCUT2D eigenvalue weighted by Crippen LogP contribution is -2.31. The number of hydrogen-bond donors (Lipinski definition) is 1. The van der Waals surface area contributed by atoms with Crippen molar-refractivity contribution in [1.29, 1.82) is 0 Å². The zero-order valence-corrected chi connectivity index (χ0v) is 18.4. The fourth-order valence-electron chi connectivity index (χ4n) is 3.61. The quantitative estimate of drug-likeness (QED) is 0.265. The third kappa shape index (κ3) is 5.09. The van der Waals surface area contributed by atoms with Crippen LogP contribution >= 0.6 is 11.6 Å². The van der Waals surface area contributed by atoms with Crippen molar-refractivity contribution < 1.29 is 24.2 Å². The van der Waals surface area contributed by atoms with Crippen molar-refractivity contribution in [2.75, 3.05) is 26.4 Å². The number of hydrogen-bond acceptors (Lipinski definition) is 5. The number of carbonyl (C=O) groups excluding carboxylic acids is 2. The summed E-state index contributed by atoms with van der Waals surface area (Å²) in [5.41, 5.74) is 1.20. The highest BCUT2D eigenvalue weighted by molar-refractivity contribution is 6.46. The van der Waals surface area contributed by atoms with E-state index >= 15 is 0 Å². The van der Waals surface area contributed by atoms with Crippen LogP contribution in [0.25, 0.3) is 5.76 Å². The molecule has 0 aromatic heterocycles. The Morgan fingerprint density at radius 3 is 2.32 bits per heavy atom. The number of halogens is 1. The smallest absolute Gasteiger partial charge is 0.295 e. The standard InChI is InChI=1S/C24H26ClNO5/c1-3-30-15-5-14-26-21(16-6-10-18(25)11-7-16)20(23(28)24(26)29)22(27)17-8-12-19(13-9-17)31-4-2/h6-13,21,27H,3-5,14-15H2,1-2H3/t21-/m1/s1. The van der Waals surface area contributed by atoms with E-state index in [2.05, 4.69) is 0 Å². The average Bonchev–Trinajstić information content (AvgIpc) is 3.02. The van der Waals surface area contributed by atoms with Crippen molar-refractivity contribution >= 4 is 29.1 Å². The van der Waals surface area contributed by atoms with Crippen LogP contribution in [0.4, 0.5) is 0 Å². The second kappa shape index (κ2) is 10.5. The Labute approximate surface area is 187 Å². The minimum Gasteiger partial charge on any atom is -0.507 e. The molecule has 0 bridgehead atoms. The molecule has 1 heterocycles. The molecule has 2 aromatic rings. The lowest BCUT2D eigenvalue weighted by atomic mass is 9.95. The Kier molecular flexibility index (Phi) is 7.71. The fraction of sp³-hybridized carbons (Fsp3) is 0.333. The highest BCUT2D eigenvalue weighted by Gasteiger charge is 2.45. The summed E-state index contributed by atoms with van der Waals surface area (Å²) in [7, 11) is 0. The van der Waals surface area contributed by atoms with Gasteiger partial charge in [-0.25, -0.2) is 0 Å². The van der Waals surface area contributed by atoms with Crippen molar-refractivity contribution in [2.45, 2.75) is 26.3 Å². The van der Waals surface area contributed by atoms with Gasteiger partial charge in [-0.2, -0.15) is 0 Å². The molecule has 3 rings (SSSR count). The van der Waals surface area contributed by atoms with Crippen molar-refractivity contribution in [3.05, 3.63) is 70.3 Å². The zero-order chi connectivity index (χ0) is 22.4. The van der Waals surface area contributed by atoms with Crippen LogP contribution in [0, 0.1) is 0 Å². The molecule has 0 spiro atoms. The lowest BCUT2D eigenvalue weighted by molar-refractivity contribution is -0.140.